The number of pyridine rings is 1. The van der Waals surface area contributed by atoms with Crippen molar-refractivity contribution < 1.29 is 8.42 Å². The molecule has 18 heavy (non-hydrogen) atoms. The van der Waals surface area contributed by atoms with E-state index in [9.17, 15) is 8.42 Å². The summed E-state index contributed by atoms with van der Waals surface area (Å²) in [5.74, 6) is 0. The molecule has 1 rings (SSSR count). The number of nitrogens with one attached hydrogen (secondary N) is 2. The Labute approximate surface area is 107 Å². The van der Waals surface area contributed by atoms with Crippen molar-refractivity contribution in [3.05, 3.63) is 24.0 Å². The predicted molar refractivity (Wildman–Crippen MR) is 67.3 cm³/mol. The van der Waals surface area contributed by atoms with E-state index >= 15 is 0 Å². The van der Waals surface area contributed by atoms with Crippen molar-refractivity contribution in [2.24, 2.45) is 0 Å². The average Bonchev–Trinajstić information content (AvgIpc) is 2.34. The molecular weight excluding hydrogens is 252 g/mol. The van der Waals surface area contributed by atoms with E-state index in [2.05, 4.69) is 15.0 Å². The monoisotopic (exact) mass is 268 g/mol. The van der Waals surface area contributed by atoms with Gasteiger partial charge in [0.25, 0.3) is 0 Å². The van der Waals surface area contributed by atoms with Gasteiger partial charge in [-0.1, -0.05) is 13.8 Å². The van der Waals surface area contributed by atoms with Gasteiger partial charge < -0.3 is 5.32 Å². The van der Waals surface area contributed by atoms with Gasteiger partial charge in [-0.3, -0.25) is 0 Å². The molecule has 0 amide bonds. The van der Waals surface area contributed by atoms with Crippen molar-refractivity contribution in [3.8, 4) is 6.07 Å². The minimum absolute atomic E-state index is 0.0861. The molecule has 6 nitrogen and oxygen atoms in total. The molecule has 0 unspecified atom stereocenters. The number of hydrogen-bond donors (Lipinski definition) is 2. The van der Waals surface area contributed by atoms with Crippen molar-refractivity contribution in [1.29, 1.82) is 5.26 Å². The van der Waals surface area contributed by atoms with E-state index in [-0.39, 0.29) is 17.1 Å². The Hall–Kier alpha value is -1.49. The summed E-state index contributed by atoms with van der Waals surface area (Å²) in [6, 6.07) is 4.91. The number of rotatable bonds is 6. The van der Waals surface area contributed by atoms with Gasteiger partial charge in [0.05, 0.1) is 0 Å². The van der Waals surface area contributed by atoms with Crippen molar-refractivity contribution in [1.82, 2.24) is 15.0 Å². The SMILES string of the molecule is CC(C)NCCNS(=O)(=O)c1cccnc1C#N. The van der Waals surface area contributed by atoms with Gasteiger partial charge in [-0.15, -0.1) is 0 Å². The third-order valence-corrected chi connectivity index (χ3v) is 3.63. The van der Waals surface area contributed by atoms with Crippen LogP contribution >= 0.6 is 0 Å². The first-order chi connectivity index (χ1) is 8.47. The van der Waals surface area contributed by atoms with E-state index < -0.39 is 10.0 Å². The van der Waals surface area contributed by atoms with Gasteiger partial charge in [-0.05, 0) is 12.1 Å². The Morgan fingerprint density at radius 3 is 2.78 bits per heavy atom. The highest BCUT2D eigenvalue weighted by atomic mass is 32.2. The van der Waals surface area contributed by atoms with E-state index in [0.29, 0.717) is 12.6 Å². The second-order valence-corrected chi connectivity index (χ2v) is 5.70. The maximum atomic E-state index is 11.9. The molecule has 7 heteroatoms. The van der Waals surface area contributed by atoms with Crippen molar-refractivity contribution in [2.45, 2.75) is 24.8 Å². The number of aromatic nitrogens is 1. The van der Waals surface area contributed by atoms with E-state index in [0.717, 1.165) is 0 Å². The maximum absolute atomic E-state index is 11.9. The van der Waals surface area contributed by atoms with Crippen LogP contribution in [0.4, 0.5) is 0 Å². The first-order valence-corrected chi connectivity index (χ1v) is 7.04. The van der Waals surface area contributed by atoms with Crippen LogP contribution in [0.1, 0.15) is 19.5 Å². The van der Waals surface area contributed by atoms with Gasteiger partial charge in [-0.25, -0.2) is 18.1 Å². The van der Waals surface area contributed by atoms with Gasteiger partial charge in [-0.2, -0.15) is 5.26 Å². The van der Waals surface area contributed by atoms with Gasteiger partial charge in [0.15, 0.2) is 5.69 Å². The highest BCUT2D eigenvalue weighted by molar-refractivity contribution is 7.89. The molecule has 1 heterocycles. The molecule has 98 valence electrons. The van der Waals surface area contributed by atoms with Gasteiger partial charge in [0, 0.05) is 25.3 Å². The molecule has 0 bridgehead atoms. The molecule has 0 spiro atoms. The van der Waals surface area contributed by atoms with E-state index in [1.165, 1.54) is 18.3 Å². The molecule has 0 saturated carbocycles. The summed E-state index contributed by atoms with van der Waals surface area (Å²) in [6.45, 7) is 4.74. The van der Waals surface area contributed by atoms with E-state index in [1.54, 1.807) is 6.07 Å². The first kappa shape index (κ1) is 14.6. The molecule has 0 aliphatic carbocycles. The molecule has 0 saturated heterocycles. The Kier molecular flexibility index (Phi) is 5.22. The fourth-order valence-electron chi connectivity index (χ4n) is 1.32. The molecular formula is C11H16N4O2S. The number of sulfonamides is 1. The summed E-state index contributed by atoms with van der Waals surface area (Å²) in [7, 11) is -3.68. The van der Waals surface area contributed by atoms with Crippen LogP contribution < -0.4 is 10.0 Å². The minimum Gasteiger partial charge on any atom is -0.313 e. The van der Waals surface area contributed by atoms with Crippen LogP contribution in [0.3, 0.4) is 0 Å². The van der Waals surface area contributed by atoms with Gasteiger partial charge in [0.2, 0.25) is 10.0 Å². The average molecular weight is 268 g/mol. The molecule has 0 fully saturated rings. The molecule has 0 atom stereocenters. The summed E-state index contributed by atoms with van der Waals surface area (Å²) in [4.78, 5) is 3.64. The summed E-state index contributed by atoms with van der Waals surface area (Å²) >= 11 is 0. The molecule has 1 aromatic rings. The van der Waals surface area contributed by atoms with Crippen LogP contribution in [0.2, 0.25) is 0 Å². The molecule has 0 aromatic carbocycles. The lowest BCUT2D eigenvalue weighted by Crippen LogP contribution is -2.34. The Balaban J connectivity index is 2.72. The second kappa shape index (κ2) is 6.44. The summed E-state index contributed by atoms with van der Waals surface area (Å²) < 4.78 is 26.3. The third-order valence-electron chi connectivity index (χ3n) is 2.14. The lowest BCUT2D eigenvalue weighted by atomic mass is 10.4. The molecule has 2 N–H and O–H groups in total. The third kappa shape index (κ3) is 4.07. The van der Waals surface area contributed by atoms with E-state index in [1.807, 2.05) is 13.8 Å². The minimum atomic E-state index is -3.68. The molecule has 1 aromatic heterocycles. The van der Waals surface area contributed by atoms with Crippen molar-refractivity contribution >= 4 is 10.0 Å². The van der Waals surface area contributed by atoms with Crippen LogP contribution in [0.5, 0.6) is 0 Å². The van der Waals surface area contributed by atoms with Crippen LogP contribution in [0.15, 0.2) is 23.2 Å². The fraction of sp³-hybridized carbons (Fsp3) is 0.455. The zero-order valence-electron chi connectivity index (χ0n) is 10.3. The highest BCUT2D eigenvalue weighted by Gasteiger charge is 2.18. The Bertz CT molecular complexity index is 534. The van der Waals surface area contributed by atoms with Gasteiger partial charge >= 0.3 is 0 Å². The second-order valence-electron chi connectivity index (χ2n) is 3.97. The van der Waals surface area contributed by atoms with Crippen molar-refractivity contribution in [3.63, 3.8) is 0 Å². The smallest absolute Gasteiger partial charge is 0.243 e. The number of nitrogens with zero attached hydrogens (tertiary/aromatic N) is 2. The topological polar surface area (TPSA) is 94.9 Å². The van der Waals surface area contributed by atoms with E-state index in [4.69, 9.17) is 5.26 Å². The lowest BCUT2D eigenvalue weighted by molar-refractivity contribution is 0.559. The summed E-state index contributed by atoms with van der Waals surface area (Å²) in [5, 5.41) is 11.9. The van der Waals surface area contributed by atoms with Crippen LogP contribution in [0, 0.1) is 11.3 Å². The quantitative estimate of drug-likeness (QED) is 0.720. The maximum Gasteiger partial charge on any atom is 0.243 e. The molecule has 0 aliphatic rings. The van der Waals surface area contributed by atoms with Crippen molar-refractivity contribution in [2.75, 3.05) is 13.1 Å². The first-order valence-electron chi connectivity index (χ1n) is 5.55. The van der Waals surface area contributed by atoms with Crippen LogP contribution in [0.25, 0.3) is 0 Å². The van der Waals surface area contributed by atoms with Gasteiger partial charge in [0.1, 0.15) is 11.0 Å². The zero-order valence-corrected chi connectivity index (χ0v) is 11.2. The summed E-state index contributed by atoms with van der Waals surface area (Å²) in [5.41, 5.74) is -0.0955. The highest BCUT2D eigenvalue weighted by Crippen LogP contribution is 2.10. The normalized spacial score (nSPS) is 11.4. The Morgan fingerprint density at radius 2 is 2.17 bits per heavy atom. The molecule has 0 aliphatic heterocycles. The standard InChI is InChI=1S/C11H16N4O2S/c1-9(2)13-6-7-15-18(16,17)11-4-3-5-14-10(11)8-12/h3-5,9,13,15H,6-7H2,1-2H3. The summed E-state index contributed by atoms with van der Waals surface area (Å²) in [6.07, 6.45) is 1.39. The zero-order chi connectivity index (χ0) is 13.6. The largest absolute Gasteiger partial charge is 0.313 e. The molecule has 0 radical (unpaired) electrons. The lowest BCUT2D eigenvalue weighted by Gasteiger charge is -2.10. The van der Waals surface area contributed by atoms with Crippen LogP contribution in [-0.2, 0) is 10.0 Å². The number of nitriles is 1. The predicted octanol–water partition coefficient (Wildman–Crippen LogP) is 0.230. The van der Waals surface area contributed by atoms with Crippen LogP contribution in [-0.4, -0.2) is 32.5 Å². The Morgan fingerprint density at radius 1 is 1.44 bits per heavy atom. The number of hydrogen-bond acceptors (Lipinski definition) is 5. The fourth-order valence-corrected chi connectivity index (χ4v) is 2.45.